The average molecular weight is 168 g/mol. The summed E-state index contributed by atoms with van der Waals surface area (Å²) in [5.41, 5.74) is 0. The predicted molar refractivity (Wildman–Crippen MR) is 37.5 cm³/mol. The topological polar surface area (TPSA) is 43.1 Å². The van der Waals surface area contributed by atoms with Gasteiger partial charge in [-0.1, -0.05) is 0 Å². The minimum atomic E-state index is -0.517. The molecule has 5 heteroatoms. The van der Waals surface area contributed by atoms with Gasteiger partial charge in [0.15, 0.2) is 0 Å². The molecular formula is C4H6ClNO2S. The van der Waals surface area contributed by atoms with E-state index in [1.54, 1.807) is 0 Å². The first-order valence-electron chi connectivity index (χ1n) is 2.61. The van der Waals surface area contributed by atoms with Gasteiger partial charge < -0.3 is 0 Å². The lowest BCUT2D eigenvalue weighted by Crippen LogP contribution is -2.22. The van der Waals surface area contributed by atoms with Gasteiger partial charge in [0.1, 0.15) is 4.71 Å². The summed E-state index contributed by atoms with van der Waals surface area (Å²) in [7, 11) is 0. The second-order valence-corrected chi connectivity index (χ2v) is 3.84. The molecule has 52 valence electrons. The van der Waals surface area contributed by atoms with E-state index >= 15 is 0 Å². The van der Waals surface area contributed by atoms with Crippen LogP contribution in [0.25, 0.3) is 0 Å². The summed E-state index contributed by atoms with van der Waals surface area (Å²) >= 11 is 7.05. The first-order valence-corrected chi connectivity index (χ1v) is 4.09. The molecule has 1 rings (SSSR count). The molecule has 2 unspecified atom stereocenters. The van der Waals surface area contributed by atoms with E-state index in [1.807, 2.05) is 0 Å². The lowest BCUT2D eigenvalue weighted by Gasteiger charge is -2.01. The second kappa shape index (κ2) is 2.75. The van der Waals surface area contributed by atoms with Crippen LogP contribution >= 0.6 is 23.4 Å². The smallest absolute Gasteiger partial charge is 0.239 e. The van der Waals surface area contributed by atoms with Gasteiger partial charge in [-0.15, -0.1) is 23.4 Å². The van der Waals surface area contributed by atoms with Gasteiger partial charge in [0.2, 0.25) is 6.04 Å². The van der Waals surface area contributed by atoms with Crippen molar-refractivity contribution < 1.29 is 4.92 Å². The van der Waals surface area contributed by atoms with Crippen LogP contribution in [-0.4, -0.2) is 21.4 Å². The Balaban J connectivity index is 2.49. The zero-order valence-corrected chi connectivity index (χ0v) is 6.19. The highest BCUT2D eigenvalue weighted by atomic mass is 35.5. The predicted octanol–water partition coefficient (Wildman–Crippen LogP) is 1.33. The highest BCUT2D eigenvalue weighted by Crippen LogP contribution is 2.31. The van der Waals surface area contributed by atoms with E-state index in [2.05, 4.69) is 0 Å². The average Bonchev–Trinajstić information content (AvgIpc) is 2.13. The summed E-state index contributed by atoms with van der Waals surface area (Å²) < 4.78 is -0.306. The van der Waals surface area contributed by atoms with Gasteiger partial charge in [0, 0.05) is 17.1 Å². The summed E-state index contributed by atoms with van der Waals surface area (Å²) in [4.78, 5) is 9.83. The van der Waals surface area contributed by atoms with Gasteiger partial charge >= 0.3 is 0 Å². The number of rotatable bonds is 1. The molecule has 0 N–H and O–H groups in total. The largest absolute Gasteiger partial charge is 0.264 e. The molecular weight excluding hydrogens is 162 g/mol. The molecule has 0 amide bonds. The number of nitro groups is 1. The molecule has 0 aromatic carbocycles. The van der Waals surface area contributed by atoms with Crippen LogP contribution in [0.5, 0.6) is 0 Å². The molecule has 0 aromatic rings. The summed E-state index contributed by atoms with van der Waals surface area (Å²) in [5, 5.41) is 10.1. The third-order valence-electron chi connectivity index (χ3n) is 1.26. The first-order chi connectivity index (χ1) is 4.22. The third kappa shape index (κ3) is 1.49. The van der Waals surface area contributed by atoms with Gasteiger partial charge in [-0.05, 0) is 0 Å². The molecule has 1 aliphatic heterocycles. The Labute approximate surface area is 61.9 Å². The van der Waals surface area contributed by atoms with Crippen molar-refractivity contribution in [2.45, 2.75) is 17.2 Å². The molecule has 0 aromatic heterocycles. The zero-order valence-electron chi connectivity index (χ0n) is 4.62. The lowest BCUT2D eigenvalue weighted by molar-refractivity contribution is -0.517. The number of halogens is 1. The Morgan fingerprint density at radius 1 is 1.78 bits per heavy atom. The standard InChI is InChI=1S/C4H6ClNO2S/c5-4-3(6(7)8)1-2-9-4/h3-4H,1-2H2. The number of hydrogen-bond donors (Lipinski definition) is 0. The van der Waals surface area contributed by atoms with Gasteiger partial charge in [0.25, 0.3) is 0 Å². The van der Waals surface area contributed by atoms with Crippen molar-refractivity contribution in [2.24, 2.45) is 0 Å². The number of nitrogens with zero attached hydrogens (tertiary/aromatic N) is 1. The Hall–Kier alpha value is 0.0400. The second-order valence-electron chi connectivity index (χ2n) is 1.86. The van der Waals surface area contributed by atoms with Crippen molar-refractivity contribution in [3.8, 4) is 0 Å². The molecule has 1 fully saturated rings. The first kappa shape index (κ1) is 7.15. The maximum Gasteiger partial charge on any atom is 0.239 e. The molecule has 2 atom stereocenters. The fourth-order valence-electron chi connectivity index (χ4n) is 0.745. The third-order valence-corrected chi connectivity index (χ3v) is 3.04. The summed E-state index contributed by atoms with van der Waals surface area (Å²) in [6.45, 7) is 0. The van der Waals surface area contributed by atoms with E-state index in [-0.39, 0.29) is 9.63 Å². The van der Waals surface area contributed by atoms with Crippen LogP contribution in [0.1, 0.15) is 6.42 Å². The fourth-order valence-corrected chi connectivity index (χ4v) is 2.29. The van der Waals surface area contributed by atoms with E-state index in [9.17, 15) is 10.1 Å². The molecule has 0 spiro atoms. The van der Waals surface area contributed by atoms with Gasteiger partial charge in [-0.2, -0.15) is 0 Å². The van der Waals surface area contributed by atoms with E-state index in [1.165, 1.54) is 11.8 Å². The van der Waals surface area contributed by atoms with Crippen molar-refractivity contribution in [3.63, 3.8) is 0 Å². The van der Waals surface area contributed by atoms with Gasteiger partial charge in [-0.3, -0.25) is 10.1 Å². The fraction of sp³-hybridized carbons (Fsp3) is 1.00. The summed E-state index contributed by atoms with van der Waals surface area (Å²) in [5.74, 6) is 0.819. The lowest BCUT2D eigenvalue weighted by atomic mass is 10.3. The number of hydrogen-bond acceptors (Lipinski definition) is 3. The highest BCUT2D eigenvalue weighted by molar-refractivity contribution is 8.01. The van der Waals surface area contributed by atoms with E-state index in [0.717, 1.165) is 5.75 Å². The van der Waals surface area contributed by atoms with Crippen molar-refractivity contribution in [2.75, 3.05) is 5.75 Å². The van der Waals surface area contributed by atoms with Gasteiger partial charge in [-0.25, -0.2) is 0 Å². The van der Waals surface area contributed by atoms with E-state index < -0.39 is 6.04 Å². The van der Waals surface area contributed by atoms with Crippen LogP contribution in [0, 0.1) is 10.1 Å². The molecule has 0 bridgehead atoms. The van der Waals surface area contributed by atoms with Crippen LogP contribution < -0.4 is 0 Å². The molecule has 0 aliphatic carbocycles. The molecule has 0 saturated carbocycles. The van der Waals surface area contributed by atoms with E-state index in [0.29, 0.717) is 6.42 Å². The molecule has 1 heterocycles. The summed E-state index contributed by atoms with van der Waals surface area (Å²) in [6.07, 6.45) is 0.617. The Kier molecular flexibility index (Phi) is 2.18. The minimum Gasteiger partial charge on any atom is -0.264 e. The van der Waals surface area contributed by atoms with Crippen LogP contribution in [0.15, 0.2) is 0 Å². The van der Waals surface area contributed by atoms with Crippen LogP contribution in [-0.2, 0) is 0 Å². The molecule has 0 radical (unpaired) electrons. The van der Waals surface area contributed by atoms with Crippen molar-refractivity contribution in [1.29, 1.82) is 0 Å². The monoisotopic (exact) mass is 167 g/mol. The quantitative estimate of drug-likeness (QED) is 0.336. The number of alkyl halides is 1. The van der Waals surface area contributed by atoms with Crippen LogP contribution in [0.2, 0.25) is 0 Å². The SMILES string of the molecule is O=[N+]([O-])C1CCSC1Cl. The van der Waals surface area contributed by atoms with E-state index in [4.69, 9.17) is 11.6 Å². The number of thioether (sulfide) groups is 1. The summed E-state index contributed by atoms with van der Waals surface area (Å²) in [6, 6.07) is -0.517. The molecule has 1 saturated heterocycles. The highest BCUT2D eigenvalue weighted by Gasteiger charge is 2.35. The Morgan fingerprint density at radius 2 is 2.44 bits per heavy atom. The van der Waals surface area contributed by atoms with Crippen molar-refractivity contribution in [3.05, 3.63) is 10.1 Å². The minimum absolute atomic E-state index is 0.294. The maximum absolute atomic E-state index is 10.1. The Morgan fingerprint density at radius 3 is 2.67 bits per heavy atom. The molecule has 9 heavy (non-hydrogen) atoms. The van der Waals surface area contributed by atoms with Crippen LogP contribution in [0.3, 0.4) is 0 Å². The van der Waals surface area contributed by atoms with Crippen molar-refractivity contribution >= 4 is 23.4 Å². The van der Waals surface area contributed by atoms with Gasteiger partial charge in [0.05, 0.1) is 0 Å². The zero-order chi connectivity index (χ0) is 6.85. The molecule has 1 aliphatic rings. The molecule has 3 nitrogen and oxygen atoms in total. The van der Waals surface area contributed by atoms with Crippen LogP contribution in [0.4, 0.5) is 0 Å². The van der Waals surface area contributed by atoms with Crippen molar-refractivity contribution in [1.82, 2.24) is 0 Å². The normalized spacial score (nSPS) is 34.8. The Bertz CT molecular complexity index is 132. The maximum atomic E-state index is 10.1.